The number of anilines is 1. The van der Waals surface area contributed by atoms with E-state index in [1.807, 2.05) is 0 Å². The molecule has 0 bridgehead atoms. The summed E-state index contributed by atoms with van der Waals surface area (Å²) in [5, 5.41) is 9.13. The van der Waals surface area contributed by atoms with Crippen molar-refractivity contribution in [3.63, 3.8) is 0 Å². The van der Waals surface area contributed by atoms with Crippen molar-refractivity contribution in [1.29, 1.82) is 0 Å². The van der Waals surface area contributed by atoms with Gasteiger partial charge < -0.3 is 14.7 Å². The molecular formula is C13H14F5NO2. The Hall–Kier alpha value is -1.41. The van der Waals surface area contributed by atoms with Crippen molar-refractivity contribution < 1.29 is 31.8 Å². The minimum atomic E-state index is -2.19. The maximum Gasteiger partial charge on any atom is 0.200 e. The van der Waals surface area contributed by atoms with E-state index in [1.54, 1.807) is 13.8 Å². The third-order valence-corrected chi connectivity index (χ3v) is 3.19. The lowest BCUT2D eigenvalue weighted by atomic mass is 10.0. The second-order valence-electron chi connectivity index (χ2n) is 5.48. The molecule has 1 fully saturated rings. The minimum Gasteiger partial charge on any atom is -0.394 e. The maximum atomic E-state index is 13.8. The Morgan fingerprint density at radius 2 is 1.52 bits per heavy atom. The highest BCUT2D eigenvalue weighted by Crippen LogP contribution is 2.33. The summed E-state index contributed by atoms with van der Waals surface area (Å²) >= 11 is 0. The predicted molar refractivity (Wildman–Crippen MR) is 64.5 cm³/mol. The average Bonchev–Trinajstić information content (AvgIpc) is 2.41. The van der Waals surface area contributed by atoms with Crippen LogP contribution in [0.1, 0.15) is 13.8 Å². The minimum absolute atomic E-state index is 0.0815. The van der Waals surface area contributed by atoms with Crippen molar-refractivity contribution in [1.82, 2.24) is 0 Å². The number of halogens is 5. The van der Waals surface area contributed by atoms with Gasteiger partial charge in [-0.25, -0.2) is 22.0 Å². The van der Waals surface area contributed by atoms with Crippen molar-refractivity contribution in [3.8, 4) is 0 Å². The SMILES string of the molecule is CC1(C)CN(c2c(F)c(F)c(F)c(F)c2F)CC(CO)O1. The molecule has 0 amide bonds. The van der Waals surface area contributed by atoms with E-state index in [4.69, 9.17) is 9.84 Å². The maximum absolute atomic E-state index is 13.8. The first-order chi connectivity index (χ1) is 9.68. The van der Waals surface area contributed by atoms with Crippen LogP contribution in [0, 0.1) is 29.1 Å². The zero-order chi connectivity index (χ0) is 15.9. The zero-order valence-corrected chi connectivity index (χ0v) is 11.4. The molecule has 1 aliphatic rings. The number of benzene rings is 1. The molecule has 2 rings (SSSR count). The smallest absolute Gasteiger partial charge is 0.200 e. The first-order valence-electron chi connectivity index (χ1n) is 6.23. The van der Waals surface area contributed by atoms with Crippen molar-refractivity contribution >= 4 is 5.69 Å². The number of aliphatic hydroxyl groups is 1. The van der Waals surface area contributed by atoms with Gasteiger partial charge in [-0.2, -0.15) is 0 Å². The molecule has 1 N–H and O–H groups in total. The highest BCUT2D eigenvalue weighted by Gasteiger charge is 2.37. The van der Waals surface area contributed by atoms with Gasteiger partial charge in [-0.1, -0.05) is 0 Å². The van der Waals surface area contributed by atoms with Crippen LogP contribution in [0.2, 0.25) is 0 Å². The van der Waals surface area contributed by atoms with Crippen LogP contribution >= 0.6 is 0 Å². The van der Waals surface area contributed by atoms with Crippen molar-refractivity contribution in [2.24, 2.45) is 0 Å². The fraction of sp³-hybridized carbons (Fsp3) is 0.538. The molecule has 1 aromatic rings. The van der Waals surface area contributed by atoms with Crippen LogP contribution in [0.25, 0.3) is 0 Å². The quantitative estimate of drug-likeness (QED) is 0.517. The van der Waals surface area contributed by atoms with E-state index in [1.165, 1.54) is 0 Å². The molecule has 1 saturated heterocycles. The molecule has 118 valence electrons. The van der Waals surface area contributed by atoms with E-state index in [-0.39, 0.29) is 13.1 Å². The van der Waals surface area contributed by atoms with Gasteiger partial charge in [0, 0.05) is 13.1 Å². The summed E-state index contributed by atoms with van der Waals surface area (Å²) in [6.07, 6.45) is -0.788. The van der Waals surface area contributed by atoms with Crippen LogP contribution in [-0.4, -0.2) is 36.5 Å². The molecule has 0 aliphatic carbocycles. The van der Waals surface area contributed by atoms with Crippen LogP contribution in [0.5, 0.6) is 0 Å². The Morgan fingerprint density at radius 1 is 1.05 bits per heavy atom. The number of morpholine rings is 1. The van der Waals surface area contributed by atoms with Crippen molar-refractivity contribution in [2.75, 3.05) is 24.6 Å². The normalized spacial score (nSPS) is 21.7. The third kappa shape index (κ3) is 2.82. The summed E-state index contributed by atoms with van der Waals surface area (Å²) in [6, 6.07) is 0. The lowest BCUT2D eigenvalue weighted by Gasteiger charge is -2.43. The molecular weight excluding hydrogens is 297 g/mol. The molecule has 1 atom stereocenters. The predicted octanol–water partition coefficient (Wildman–Crippen LogP) is 2.36. The number of hydrogen-bond acceptors (Lipinski definition) is 3. The van der Waals surface area contributed by atoms with Crippen molar-refractivity contribution in [2.45, 2.75) is 25.6 Å². The van der Waals surface area contributed by atoms with E-state index in [0.29, 0.717) is 0 Å². The molecule has 0 radical (unpaired) electrons. The Kier molecular flexibility index (Phi) is 4.12. The standard InChI is InChI=1S/C13H14F5NO2/c1-13(2)5-19(3-6(4-20)21-13)12-10(17)8(15)7(14)9(16)11(12)18/h6,20H,3-5H2,1-2H3. The number of rotatable bonds is 2. The van der Waals surface area contributed by atoms with Gasteiger partial charge >= 0.3 is 0 Å². The molecule has 0 spiro atoms. The molecule has 8 heteroatoms. The number of ether oxygens (including phenoxy) is 1. The highest BCUT2D eigenvalue weighted by molar-refractivity contribution is 5.51. The molecule has 0 saturated carbocycles. The van der Waals surface area contributed by atoms with Crippen LogP contribution in [0.4, 0.5) is 27.6 Å². The third-order valence-electron chi connectivity index (χ3n) is 3.19. The highest BCUT2D eigenvalue weighted by atomic mass is 19.2. The Bertz CT molecular complexity index is 535. The summed E-state index contributed by atoms with van der Waals surface area (Å²) in [7, 11) is 0. The van der Waals surface area contributed by atoms with E-state index in [0.717, 1.165) is 4.90 Å². The fourth-order valence-electron chi connectivity index (χ4n) is 2.43. The molecule has 1 heterocycles. The van der Waals surface area contributed by atoms with Crippen LogP contribution < -0.4 is 4.90 Å². The molecule has 1 aromatic carbocycles. The largest absolute Gasteiger partial charge is 0.394 e. The van der Waals surface area contributed by atoms with Gasteiger partial charge in [-0.05, 0) is 13.8 Å². The number of hydrogen-bond donors (Lipinski definition) is 1. The second kappa shape index (κ2) is 5.42. The van der Waals surface area contributed by atoms with Gasteiger partial charge in [0.1, 0.15) is 5.69 Å². The molecule has 21 heavy (non-hydrogen) atoms. The number of nitrogens with zero attached hydrogens (tertiary/aromatic N) is 1. The second-order valence-corrected chi connectivity index (χ2v) is 5.48. The molecule has 1 unspecified atom stereocenters. The van der Waals surface area contributed by atoms with E-state index in [2.05, 4.69) is 0 Å². The first-order valence-corrected chi connectivity index (χ1v) is 6.23. The van der Waals surface area contributed by atoms with Gasteiger partial charge in [0.05, 0.1) is 18.3 Å². The Morgan fingerprint density at radius 3 is 2.00 bits per heavy atom. The fourth-order valence-corrected chi connectivity index (χ4v) is 2.43. The molecule has 1 aliphatic heterocycles. The first kappa shape index (κ1) is 16.0. The summed E-state index contributed by atoms with van der Waals surface area (Å²) in [6.45, 7) is 2.48. The summed E-state index contributed by atoms with van der Waals surface area (Å²) in [5.74, 6) is -9.95. The lowest BCUT2D eigenvalue weighted by Crippen LogP contribution is -2.54. The van der Waals surface area contributed by atoms with Gasteiger partial charge in [0.25, 0.3) is 0 Å². The van der Waals surface area contributed by atoms with Gasteiger partial charge in [-0.3, -0.25) is 0 Å². The topological polar surface area (TPSA) is 32.7 Å². The monoisotopic (exact) mass is 311 g/mol. The van der Waals surface area contributed by atoms with Crippen LogP contribution in [-0.2, 0) is 4.74 Å². The van der Waals surface area contributed by atoms with Gasteiger partial charge in [-0.15, -0.1) is 0 Å². The van der Waals surface area contributed by atoms with Crippen molar-refractivity contribution in [3.05, 3.63) is 29.1 Å². The van der Waals surface area contributed by atoms with Crippen LogP contribution in [0.3, 0.4) is 0 Å². The Labute approximate surface area is 117 Å². The zero-order valence-electron chi connectivity index (χ0n) is 11.4. The van der Waals surface area contributed by atoms with Crippen LogP contribution in [0.15, 0.2) is 0 Å². The lowest BCUT2D eigenvalue weighted by molar-refractivity contribution is -0.101. The van der Waals surface area contributed by atoms with E-state index in [9.17, 15) is 22.0 Å². The van der Waals surface area contributed by atoms with E-state index < -0.39 is 53.1 Å². The summed E-state index contributed by atoms with van der Waals surface area (Å²) in [5.41, 5.74) is -1.91. The summed E-state index contributed by atoms with van der Waals surface area (Å²) < 4.78 is 72.6. The molecule has 3 nitrogen and oxygen atoms in total. The summed E-state index contributed by atoms with van der Waals surface area (Å²) in [4.78, 5) is 1.00. The number of aliphatic hydroxyl groups excluding tert-OH is 1. The van der Waals surface area contributed by atoms with E-state index >= 15 is 0 Å². The van der Waals surface area contributed by atoms with Gasteiger partial charge in [0.15, 0.2) is 23.3 Å². The molecule has 0 aromatic heterocycles. The average molecular weight is 311 g/mol. The Balaban J connectivity index is 2.51. The van der Waals surface area contributed by atoms with Gasteiger partial charge in [0.2, 0.25) is 5.82 Å².